The molecule has 0 radical (unpaired) electrons. The van der Waals surface area contributed by atoms with Crippen LogP contribution in [0.5, 0.6) is 0 Å². The average molecular weight is 446 g/mol. The number of piperidine rings is 1. The number of hydrogen-bond acceptors (Lipinski definition) is 4. The number of allylic oxidation sites excluding steroid dienone is 1. The van der Waals surface area contributed by atoms with Crippen LogP contribution in [0.3, 0.4) is 0 Å². The van der Waals surface area contributed by atoms with Crippen LogP contribution in [-0.2, 0) is 16.0 Å². The molecule has 3 heterocycles. The topological polar surface area (TPSA) is 43.9 Å². The van der Waals surface area contributed by atoms with Crippen molar-refractivity contribution in [2.75, 3.05) is 52.4 Å². The predicted octanol–water partition coefficient (Wildman–Crippen LogP) is 2.90. The van der Waals surface area contributed by atoms with Crippen LogP contribution in [0.1, 0.15) is 32.3 Å². The maximum atomic E-state index is 13.6. The van der Waals surface area contributed by atoms with Crippen LogP contribution >= 0.6 is 8.58 Å². The molecule has 168 valence electrons. The number of piperazine rings is 1. The molecule has 0 N–H and O–H groups in total. The van der Waals surface area contributed by atoms with Crippen molar-refractivity contribution in [3.05, 3.63) is 46.8 Å². The summed E-state index contributed by atoms with van der Waals surface area (Å²) in [6, 6.07) is 6.69. The molecule has 5 nitrogen and oxygen atoms in total. The molecule has 2 fully saturated rings. The van der Waals surface area contributed by atoms with Crippen molar-refractivity contribution in [3.63, 3.8) is 0 Å². The van der Waals surface area contributed by atoms with E-state index in [0.29, 0.717) is 18.7 Å². The number of hydrogen-bond donors (Lipinski definition) is 0. The van der Waals surface area contributed by atoms with E-state index in [-0.39, 0.29) is 31.0 Å². The van der Waals surface area contributed by atoms with Crippen LogP contribution in [0.2, 0.25) is 0 Å². The van der Waals surface area contributed by atoms with E-state index in [9.17, 15) is 14.0 Å². The fourth-order valence-corrected chi connectivity index (χ4v) is 6.75. The third-order valence-electron chi connectivity index (χ3n) is 7.21. The quantitative estimate of drug-likeness (QED) is 0.654. The zero-order valence-corrected chi connectivity index (χ0v) is 19.6. The molecule has 0 bridgehead atoms. The van der Waals surface area contributed by atoms with Crippen molar-refractivity contribution in [1.82, 2.24) is 14.7 Å². The first-order valence-electron chi connectivity index (χ1n) is 11.4. The van der Waals surface area contributed by atoms with E-state index in [1.54, 1.807) is 0 Å². The van der Waals surface area contributed by atoms with Gasteiger partial charge in [-0.05, 0) is 72.1 Å². The SMILES string of the molecule is CCN1CCC2(CC1)PC(=O)C(C)=C2C(=O)N1CCN(CCc2ccc(F)cc2)CC1. The first kappa shape index (κ1) is 22.6. The summed E-state index contributed by atoms with van der Waals surface area (Å²) in [5.74, 6) is -0.108. The van der Waals surface area contributed by atoms with Gasteiger partial charge in [-0.2, -0.15) is 0 Å². The van der Waals surface area contributed by atoms with Crippen molar-refractivity contribution in [2.24, 2.45) is 0 Å². The van der Waals surface area contributed by atoms with E-state index in [0.717, 1.165) is 69.7 Å². The second kappa shape index (κ2) is 9.48. The summed E-state index contributed by atoms with van der Waals surface area (Å²) in [6.45, 7) is 11.0. The minimum Gasteiger partial charge on any atom is -0.336 e. The molecule has 1 amide bonds. The molecule has 1 aromatic rings. The molecule has 2 saturated heterocycles. The number of carbonyl (C=O) groups is 2. The maximum absolute atomic E-state index is 13.6. The van der Waals surface area contributed by atoms with Gasteiger partial charge in [0.05, 0.1) is 0 Å². The van der Waals surface area contributed by atoms with Crippen molar-refractivity contribution in [3.8, 4) is 0 Å². The smallest absolute Gasteiger partial charge is 0.251 e. The summed E-state index contributed by atoms with van der Waals surface area (Å²) in [7, 11) is 0.214. The molecule has 1 spiro atoms. The molecule has 31 heavy (non-hydrogen) atoms. The number of nitrogens with zero attached hydrogens (tertiary/aromatic N) is 3. The molecular formula is C24H33FN3O2P. The van der Waals surface area contributed by atoms with Gasteiger partial charge in [-0.15, -0.1) is 0 Å². The van der Waals surface area contributed by atoms with E-state index in [2.05, 4.69) is 16.7 Å². The van der Waals surface area contributed by atoms with Crippen LogP contribution in [0.15, 0.2) is 35.4 Å². The van der Waals surface area contributed by atoms with Gasteiger partial charge in [0.2, 0.25) is 0 Å². The van der Waals surface area contributed by atoms with Crippen molar-refractivity contribution >= 4 is 20.0 Å². The molecular weight excluding hydrogens is 412 g/mol. The van der Waals surface area contributed by atoms with Crippen LogP contribution in [0, 0.1) is 5.82 Å². The molecule has 1 aromatic carbocycles. The molecule has 0 saturated carbocycles. The largest absolute Gasteiger partial charge is 0.336 e. The number of rotatable bonds is 5. The predicted molar refractivity (Wildman–Crippen MR) is 123 cm³/mol. The van der Waals surface area contributed by atoms with Gasteiger partial charge in [-0.3, -0.25) is 14.5 Å². The second-order valence-electron chi connectivity index (χ2n) is 8.98. The van der Waals surface area contributed by atoms with Crippen LogP contribution in [-0.4, -0.2) is 83.6 Å². The van der Waals surface area contributed by atoms with E-state index >= 15 is 0 Å². The Bertz CT molecular complexity index is 854. The number of halogens is 1. The molecule has 3 aliphatic heterocycles. The minimum atomic E-state index is -0.219. The highest BCUT2D eigenvalue weighted by atomic mass is 31.1. The fraction of sp³-hybridized carbons (Fsp3) is 0.583. The zero-order valence-electron chi connectivity index (χ0n) is 18.6. The van der Waals surface area contributed by atoms with E-state index < -0.39 is 0 Å². The Kier molecular flexibility index (Phi) is 6.90. The highest BCUT2D eigenvalue weighted by molar-refractivity contribution is 7.61. The Balaban J connectivity index is 1.36. The summed E-state index contributed by atoms with van der Waals surface area (Å²) in [6.07, 6.45) is 2.72. The van der Waals surface area contributed by atoms with Gasteiger partial charge in [0.1, 0.15) is 5.82 Å². The van der Waals surface area contributed by atoms with Gasteiger partial charge in [0.25, 0.3) is 5.91 Å². The lowest BCUT2D eigenvalue weighted by atomic mass is 9.84. The van der Waals surface area contributed by atoms with Gasteiger partial charge >= 0.3 is 0 Å². The van der Waals surface area contributed by atoms with E-state index in [1.165, 1.54) is 12.1 Å². The summed E-state index contributed by atoms with van der Waals surface area (Å²) >= 11 is 0. The van der Waals surface area contributed by atoms with Crippen molar-refractivity contribution < 1.29 is 14.0 Å². The Morgan fingerprint density at radius 2 is 1.68 bits per heavy atom. The lowest BCUT2D eigenvalue weighted by Gasteiger charge is -2.42. The Morgan fingerprint density at radius 1 is 1.03 bits per heavy atom. The third kappa shape index (κ3) is 4.76. The highest BCUT2D eigenvalue weighted by Gasteiger charge is 2.49. The first-order chi connectivity index (χ1) is 14.9. The fourth-order valence-electron chi connectivity index (χ4n) is 5.11. The molecule has 0 aromatic heterocycles. The number of carbonyl (C=O) groups excluding carboxylic acids is 2. The molecule has 0 aliphatic carbocycles. The van der Waals surface area contributed by atoms with Gasteiger partial charge in [-0.25, -0.2) is 4.39 Å². The molecule has 1 atom stereocenters. The molecule has 3 aliphatic rings. The Hall–Kier alpha value is -1.62. The van der Waals surface area contributed by atoms with Crippen molar-refractivity contribution in [1.29, 1.82) is 0 Å². The second-order valence-corrected chi connectivity index (χ2v) is 10.6. The molecule has 7 heteroatoms. The van der Waals surface area contributed by atoms with Gasteiger partial charge in [-0.1, -0.05) is 19.1 Å². The lowest BCUT2D eigenvalue weighted by molar-refractivity contribution is -0.129. The number of benzene rings is 1. The highest BCUT2D eigenvalue weighted by Crippen LogP contribution is 2.54. The number of amides is 1. The van der Waals surface area contributed by atoms with Gasteiger partial charge < -0.3 is 9.80 Å². The van der Waals surface area contributed by atoms with Crippen LogP contribution in [0.25, 0.3) is 0 Å². The summed E-state index contributed by atoms with van der Waals surface area (Å²) < 4.78 is 13.1. The Morgan fingerprint density at radius 3 is 2.29 bits per heavy atom. The minimum absolute atomic E-state index is 0.0963. The summed E-state index contributed by atoms with van der Waals surface area (Å²) in [5, 5.41) is -0.219. The van der Waals surface area contributed by atoms with E-state index in [4.69, 9.17) is 0 Å². The Labute approximate surface area is 186 Å². The lowest BCUT2D eigenvalue weighted by Crippen LogP contribution is -2.52. The van der Waals surface area contributed by atoms with Gasteiger partial charge in [0, 0.05) is 49.0 Å². The summed E-state index contributed by atoms with van der Waals surface area (Å²) in [5.41, 5.74) is 2.86. The number of likely N-dealkylation sites (tertiary alicyclic amines) is 1. The first-order valence-corrected chi connectivity index (χ1v) is 12.4. The maximum Gasteiger partial charge on any atom is 0.251 e. The zero-order chi connectivity index (χ0) is 22.0. The van der Waals surface area contributed by atoms with Gasteiger partial charge in [0.15, 0.2) is 5.52 Å². The van der Waals surface area contributed by atoms with E-state index in [1.807, 2.05) is 24.0 Å². The summed E-state index contributed by atoms with van der Waals surface area (Å²) in [4.78, 5) is 32.9. The third-order valence-corrected chi connectivity index (χ3v) is 9.04. The van der Waals surface area contributed by atoms with Crippen LogP contribution in [0.4, 0.5) is 4.39 Å². The molecule has 1 unspecified atom stereocenters. The monoisotopic (exact) mass is 445 g/mol. The molecule has 4 rings (SSSR count). The van der Waals surface area contributed by atoms with Crippen LogP contribution < -0.4 is 0 Å². The van der Waals surface area contributed by atoms with Crippen molar-refractivity contribution in [2.45, 2.75) is 38.3 Å². The standard InChI is InChI=1S/C24H33FN3O2P/c1-3-26-12-9-24(10-13-26)21(18(2)23(30)31-24)22(29)28-16-14-27(15-17-28)11-8-19-4-6-20(25)7-5-19/h4-7,31H,3,8-17H2,1-2H3. The normalized spacial score (nSPS) is 23.3. The average Bonchev–Trinajstić information content (AvgIpc) is 3.03.